The molecule has 19 heavy (non-hydrogen) atoms. The van der Waals surface area contributed by atoms with Gasteiger partial charge in [-0.2, -0.15) is 0 Å². The van der Waals surface area contributed by atoms with E-state index in [1.54, 1.807) is 20.8 Å². The second kappa shape index (κ2) is 5.09. The number of hydrogen-bond donors (Lipinski definition) is 3. The molecule has 1 atom stereocenters. The van der Waals surface area contributed by atoms with Crippen LogP contribution >= 0.6 is 0 Å². The van der Waals surface area contributed by atoms with Crippen molar-refractivity contribution in [2.24, 2.45) is 5.41 Å². The molecular weight excluding hydrogens is 254 g/mol. The van der Waals surface area contributed by atoms with Gasteiger partial charge in [-0.25, -0.2) is 4.79 Å². The van der Waals surface area contributed by atoms with Gasteiger partial charge in [-0.3, -0.25) is 14.9 Å². The molecule has 1 rings (SSSR count). The van der Waals surface area contributed by atoms with Gasteiger partial charge in [-0.1, -0.05) is 20.8 Å². The molecule has 1 heterocycles. The number of hydrogen-bond acceptors (Lipinski definition) is 4. The van der Waals surface area contributed by atoms with Gasteiger partial charge in [0.2, 0.25) is 0 Å². The van der Waals surface area contributed by atoms with Gasteiger partial charge >= 0.3 is 5.97 Å². The van der Waals surface area contributed by atoms with E-state index in [0.29, 0.717) is 0 Å². The molecule has 0 aromatic carbocycles. The summed E-state index contributed by atoms with van der Waals surface area (Å²) in [6.07, 6.45) is 1.07. The van der Waals surface area contributed by atoms with Crippen molar-refractivity contribution in [2.45, 2.75) is 26.8 Å². The third-order valence-corrected chi connectivity index (χ3v) is 2.51. The third-order valence-electron chi connectivity index (χ3n) is 2.51. The van der Waals surface area contributed by atoms with Crippen LogP contribution in [0.2, 0.25) is 0 Å². The Hall–Kier alpha value is -2.38. The number of carboxylic acids is 1. The molecule has 1 aromatic rings. The van der Waals surface area contributed by atoms with Crippen molar-refractivity contribution in [2.75, 3.05) is 0 Å². The number of nitrogens with one attached hydrogen (secondary N) is 2. The highest BCUT2D eigenvalue weighted by atomic mass is 16.6. The highest BCUT2D eigenvalue weighted by Crippen LogP contribution is 2.20. The summed E-state index contributed by atoms with van der Waals surface area (Å²) >= 11 is 0. The summed E-state index contributed by atoms with van der Waals surface area (Å²) in [7, 11) is 0. The smallest absolute Gasteiger partial charge is 0.326 e. The number of carbonyl (C=O) groups is 2. The van der Waals surface area contributed by atoms with Crippen LogP contribution in [0, 0.1) is 15.5 Å². The third kappa shape index (κ3) is 3.54. The molecular formula is C11H15N3O5. The fraction of sp³-hybridized carbons (Fsp3) is 0.455. The molecule has 1 aromatic heterocycles. The molecule has 0 aliphatic carbocycles. The van der Waals surface area contributed by atoms with E-state index in [-0.39, 0.29) is 11.4 Å². The maximum absolute atomic E-state index is 11.8. The average molecular weight is 269 g/mol. The number of carboxylic acid groups (broad SMARTS) is 1. The van der Waals surface area contributed by atoms with Crippen LogP contribution in [-0.2, 0) is 4.79 Å². The van der Waals surface area contributed by atoms with E-state index in [4.69, 9.17) is 5.11 Å². The fourth-order valence-electron chi connectivity index (χ4n) is 1.48. The normalized spacial score (nSPS) is 12.8. The minimum Gasteiger partial charge on any atom is -0.480 e. The van der Waals surface area contributed by atoms with E-state index in [2.05, 4.69) is 10.3 Å². The van der Waals surface area contributed by atoms with Gasteiger partial charge < -0.3 is 15.4 Å². The zero-order valence-corrected chi connectivity index (χ0v) is 10.8. The number of nitro groups is 1. The SMILES string of the molecule is CC(C)(C)[C@@H](NC(=O)c1cc([N+](=O)[O-])c[nH]1)C(=O)O. The van der Waals surface area contributed by atoms with Crippen molar-refractivity contribution in [3.63, 3.8) is 0 Å². The molecule has 8 heteroatoms. The molecule has 0 bridgehead atoms. The second-order valence-electron chi connectivity index (χ2n) is 5.14. The van der Waals surface area contributed by atoms with Gasteiger partial charge in [0.1, 0.15) is 11.7 Å². The van der Waals surface area contributed by atoms with Gasteiger partial charge in [0, 0.05) is 6.07 Å². The number of aliphatic carboxylic acids is 1. The number of H-pyrrole nitrogens is 1. The van der Waals surface area contributed by atoms with Crippen molar-refractivity contribution in [3.8, 4) is 0 Å². The fourth-order valence-corrected chi connectivity index (χ4v) is 1.48. The zero-order chi connectivity index (χ0) is 14.8. The van der Waals surface area contributed by atoms with Gasteiger partial charge in [0.05, 0.1) is 11.1 Å². The maximum atomic E-state index is 11.8. The molecule has 0 radical (unpaired) electrons. The molecule has 8 nitrogen and oxygen atoms in total. The van der Waals surface area contributed by atoms with Crippen molar-refractivity contribution in [3.05, 3.63) is 28.1 Å². The predicted molar refractivity (Wildman–Crippen MR) is 65.8 cm³/mol. The monoisotopic (exact) mass is 269 g/mol. The van der Waals surface area contributed by atoms with Crippen LogP contribution in [0.5, 0.6) is 0 Å². The number of nitrogens with zero attached hydrogens (tertiary/aromatic N) is 1. The molecule has 0 spiro atoms. The Morgan fingerprint density at radius 1 is 1.47 bits per heavy atom. The van der Waals surface area contributed by atoms with Crippen LogP contribution in [-0.4, -0.2) is 32.9 Å². The summed E-state index contributed by atoms with van der Waals surface area (Å²) in [5.41, 5.74) is -0.991. The van der Waals surface area contributed by atoms with Gasteiger partial charge in [-0.15, -0.1) is 0 Å². The van der Waals surface area contributed by atoms with Crippen LogP contribution in [0.4, 0.5) is 5.69 Å². The highest BCUT2D eigenvalue weighted by molar-refractivity contribution is 5.95. The molecule has 0 aliphatic heterocycles. The number of rotatable bonds is 4. The van der Waals surface area contributed by atoms with Gasteiger partial charge in [-0.05, 0) is 5.41 Å². The van der Waals surface area contributed by atoms with Crippen LogP contribution in [0.15, 0.2) is 12.3 Å². The lowest BCUT2D eigenvalue weighted by atomic mass is 9.86. The molecule has 0 aliphatic rings. The number of carbonyl (C=O) groups excluding carboxylic acids is 1. The Balaban J connectivity index is 2.88. The molecule has 1 amide bonds. The molecule has 0 saturated carbocycles. The van der Waals surface area contributed by atoms with E-state index in [1.165, 1.54) is 0 Å². The first-order chi connectivity index (χ1) is 8.62. The summed E-state index contributed by atoms with van der Waals surface area (Å²) in [6, 6.07) is -0.0426. The Kier molecular flexibility index (Phi) is 3.93. The van der Waals surface area contributed by atoms with Crippen LogP contribution in [0.25, 0.3) is 0 Å². The largest absolute Gasteiger partial charge is 0.480 e. The van der Waals surface area contributed by atoms with Crippen molar-refractivity contribution >= 4 is 17.6 Å². The van der Waals surface area contributed by atoms with Gasteiger partial charge in [0.25, 0.3) is 11.6 Å². The average Bonchev–Trinajstić information content (AvgIpc) is 2.72. The van der Waals surface area contributed by atoms with Crippen LogP contribution < -0.4 is 5.32 Å². The molecule has 0 fully saturated rings. The quantitative estimate of drug-likeness (QED) is 0.558. The number of aromatic nitrogens is 1. The highest BCUT2D eigenvalue weighted by Gasteiger charge is 2.33. The summed E-state index contributed by atoms with van der Waals surface area (Å²) in [5, 5.41) is 21.9. The van der Waals surface area contributed by atoms with Crippen LogP contribution in [0.1, 0.15) is 31.3 Å². The molecule has 104 valence electrons. The minimum atomic E-state index is -1.16. The standard InChI is InChI=1S/C11H15N3O5/c1-11(2,3)8(10(16)17)13-9(15)7-4-6(5-12-7)14(18)19/h4-5,8,12H,1-3H3,(H,13,15)(H,16,17)/t8-/m0/s1. The van der Waals surface area contributed by atoms with E-state index in [0.717, 1.165) is 12.3 Å². The Labute approximate surface area is 109 Å². The maximum Gasteiger partial charge on any atom is 0.326 e. The van der Waals surface area contributed by atoms with E-state index in [1.807, 2.05) is 0 Å². The Morgan fingerprint density at radius 2 is 2.05 bits per heavy atom. The first-order valence-corrected chi connectivity index (χ1v) is 5.49. The lowest BCUT2D eigenvalue weighted by molar-refractivity contribution is -0.384. The Morgan fingerprint density at radius 3 is 2.42 bits per heavy atom. The molecule has 0 saturated heterocycles. The van der Waals surface area contributed by atoms with E-state index >= 15 is 0 Å². The minimum absolute atomic E-state index is 0.0535. The van der Waals surface area contributed by atoms with Crippen molar-refractivity contribution < 1.29 is 19.6 Å². The van der Waals surface area contributed by atoms with Gasteiger partial charge in [0.15, 0.2) is 0 Å². The summed E-state index contributed by atoms with van der Waals surface area (Å²) in [5.74, 6) is -1.86. The summed E-state index contributed by atoms with van der Waals surface area (Å²) < 4.78 is 0. The summed E-state index contributed by atoms with van der Waals surface area (Å²) in [4.78, 5) is 35.2. The van der Waals surface area contributed by atoms with Crippen molar-refractivity contribution in [1.29, 1.82) is 0 Å². The van der Waals surface area contributed by atoms with Crippen LogP contribution in [0.3, 0.4) is 0 Å². The Bertz CT molecular complexity index is 515. The lowest BCUT2D eigenvalue weighted by Crippen LogP contribution is -2.49. The predicted octanol–water partition coefficient (Wildman–Crippen LogP) is 1.15. The molecule has 0 unspecified atom stereocenters. The summed E-state index contributed by atoms with van der Waals surface area (Å²) in [6.45, 7) is 5.01. The first-order valence-electron chi connectivity index (χ1n) is 5.49. The van der Waals surface area contributed by atoms with Crippen molar-refractivity contribution in [1.82, 2.24) is 10.3 Å². The van der Waals surface area contributed by atoms with E-state index in [9.17, 15) is 19.7 Å². The van der Waals surface area contributed by atoms with E-state index < -0.39 is 28.3 Å². The first kappa shape index (κ1) is 14.7. The molecule has 3 N–H and O–H groups in total. The number of aromatic amines is 1. The topological polar surface area (TPSA) is 125 Å². The lowest BCUT2D eigenvalue weighted by Gasteiger charge is -2.27. The number of amides is 1. The second-order valence-corrected chi connectivity index (χ2v) is 5.14. The zero-order valence-electron chi connectivity index (χ0n) is 10.8.